The Bertz CT molecular complexity index is 908. The quantitative estimate of drug-likeness (QED) is 0.300. The number of fused-ring (bicyclic) bond motifs is 1. The molecule has 0 aliphatic rings. The lowest BCUT2D eigenvalue weighted by molar-refractivity contribution is 0.271. The highest BCUT2D eigenvalue weighted by atomic mass is 127. The molecule has 2 heterocycles. The Morgan fingerprint density at radius 1 is 1.11 bits per heavy atom. The van der Waals surface area contributed by atoms with Gasteiger partial charge in [-0.05, 0) is 35.7 Å². The average molecular weight is 494 g/mol. The van der Waals surface area contributed by atoms with E-state index in [9.17, 15) is 0 Å². The van der Waals surface area contributed by atoms with Crippen LogP contribution in [-0.4, -0.2) is 34.2 Å². The van der Waals surface area contributed by atoms with Gasteiger partial charge in [0.1, 0.15) is 5.75 Å². The Balaban J connectivity index is 0.00000280. The van der Waals surface area contributed by atoms with E-state index in [0.717, 1.165) is 22.8 Å². The van der Waals surface area contributed by atoms with Crippen molar-refractivity contribution in [1.29, 1.82) is 0 Å². The molecule has 0 saturated heterocycles. The highest BCUT2D eigenvalue weighted by molar-refractivity contribution is 14.0. The number of halogens is 1. The normalized spacial score (nSPS) is 11.4. The minimum atomic E-state index is 0. The van der Waals surface area contributed by atoms with Crippen molar-refractivity contribution in [2.75, 3.05) is 13.7 Å². The summed E-state index contributed by atoms with van der Waals surface area (Å²) in [6, 6.07) is 13.9. The second-order valence-electron chi connectivity index (χ2n) is 6.68. The molecule has 150 valence electrons. The standard InChI is InChI=1S/C20H26N6O.HI/c1-15(2)14-27-17-8-6-7-16(11-17)12-22-20(21-3)23-13-19-25-24-18-9-4-5-10-26(18)19;/h4-11,15H,12-14H2,1-3H3,(H2,21,22,23);1H. The maximum absolute atomic E-state index is 5.79. The van der Waals surface area contributed by atoms with Gasteiger partial charge in [-0.15, -0.1) is 34.2 Å². The third-order valence-corrected chi connectivity index (χ3v) is 3.96. The fourth-order valence-electron chi connectivity index (χ4n) is 2.59. The SMILES string of the molecule is CN=C(NCc1cccc(OCC(C)C)c1)NCc1nnc2ccccn12.I. The Labute approximate surface area is 182 Å². The van der Waals surface area contributed by atoms with Gasteiger partial charge in [0.2, 0.25) is 0 Å². The van der Waals surface area contributed by atoms with Gasteiger partial charge in [-0.25, -0.2) is 0 Å². The van der Waals surface area contributed by atoms with Crippen LogP contribution in [0.2, 0.25) is 0 Å². The summed E-state index contributed by atoms with van der Waals surface area (Å²) < 4.78 is 7.74. The third kappa shape index (κ3) is 6.08. The molecular weight excluding hydrogens is 467 g/mol. The topological polar surface area (TPSA) is 75.8 Å². The fraction of sp³-hybridized carbons (Fsp3) is 0.350. The third-order valence-electron chi connectivity index (χ3n) is 3.96. The van der Waals surface area contributed by atoms with Gasteiger partial charge in [-0.2, -0.15) is 0 Å². The molecule has 0 fully saturated rings. The molecule has 7 nitrogen and oxygen atoms in total. The molecule has 2 aromatic heterocycles. The molecule has 0 aliphatic heterocycles. The predicted octanol–water partition coefficient (Wildman–Crippen LogP) is 3.25. The molecule has 8 heteroatoms. The highest BCUT2D eigenvalue weighted by Crippen LogP contribution is 2.14. The summed E-state index contributed by atoms with van der Waals surface area (Å²) in [7, 11) is 1.75. The largest absolute Gasteiger partial charge is 0.493 e. The Morgan fingerprint density at radius 3 is 2.71 bits per heavy atom. The number of nitrogens with one attached hydrogen (secondary N) is 2. The lowest BCUT2D eigenvalue weighted by atomic mass is 10.2. The second-order valence-corrected chi connectivity index (χ2v) is 6.68. The number of nitrogens with zero attached hydrogens (tertiary/aromatic N) is 4. The molecule has 0 spiro atoms. The van der Waals surface area contributed by atoms with E-state index in [2.05, 4.69) is 51.8 Å². The first-order chi connectivity index (χ1) is 13.2. The van der Waals surface area contributed by atoms with E-state index in [1.165, 1.54) is 0 Å². The Morgan fingerprint density at radius 2 is 1.93 bits per heavy atom. The summed E-state index contributed by atoms with van der Waals surface area (Å²) in [4.78, 5) is 4.27. The molecule has 0 amide bonds. The number of aromatic nitrogens is 3. The average Bonchev–Trinajstić information content (AvgIpc) is 3.10. The second kappa shape index (κ2) is 10.8. The molecule has 0 saturated carbocycles. The van der Waals surface area contributed by atoms with Crippen LogP contribution in [0, 0.1) is 5.92 Å². The van der Waals surface area contributed by atoms with Crippen molar-refractivity contribution in [3.8, 4) is 5.75 Å². The summed E-state index contributed by atoms with van der Waals surface area (Å²) in [5.41, 5.74) is 1.96. The van der Waals surface area contributed by atoms with Crippen molar-refractivity contribution in [3.63, 3.8) is 0 Å². The molecule has 2 N–H and O–H groups in total. The Kier molecular flexibility index (Phi) is 8.49. The summed E-state index contributed by atoms with van der Waals surface area (Å²) in [5.74, 6) is 2.93. The van der Waals surface area contributed by atoms with Crippen LogP contribution in [0.5, 0.6) is 5.75 Å². The molecule has 28 heavy (non-hydrogen) atoms. The van der Waals surface area contributed by atoms with Gasteiger partial charge in [0.25, 0.3) is 0 Å². The molecule has 0 bridgehead atoms. The number of guanidine groups is 1. The van der Waals surface area contributed by atoms with Crippen molar-refractivity contribution in [2.45, 2.75) is 26.9 Å². The molecule has 0 atom stereocenters. The van der Waals surface area contributed by atoms with Crippen molar-refractivity contribution < 1.29 is 4.74 Å². The molecule has 0 aliphatic carbocycles. The Hall–Kier alpha value is -2.36. The van der Waals surface area contributed by atoms with E-state index in [0.29, 0.717) is 31.6 Å². The molecular formula is C20H27IN6O. The van der Waals surface area contributed by atoms with E-state index >= 15 is 0 Å². The van der Waals surface area contributed by atoms with Crippen LogP contribution in [0.15, 0.2) is 53.7 Å². The van der Waals surface area contributed by atoms with E-state index in [1.54, 1.807) is 7.05 Å². The lowest BCUT2D eigenvalue weighted by Gasteiger charge is -2.13. The number of hydrogen-bond donors (Lipinski definition) is 2. The number of benzene rings is 1. The van der Waals surface area contributed by atoms with E-state index in [4.69, 9.17) is 4.74 Å². The van der Waals surface area contributed by atoms with Gasteiger partial charge in [-0.1, -0.05) is 32.0 Å². The van der Waals surface area contributed by atoms with Crippen LogP contribution in [0.3, 0.4) is 0 Å². The zero-order chi connectivity index (χ0) is 19.1. The van der Waals surface area contributed by atoms with Crippen LogP contribution in [0.1, 0.15) is 25.2 Å². The van der Waals surface area contributed by atoms with Crippen LogP contribution in [-0.2, 0) is 13.1 Å². The van der Waals surface area contributed by atoms with E-state index in [-0.39, 0.29) is 24.0 Å². The van der Waals surface area contributed by atoms with Gasteiger partial charge in [-0.3, -0.25) is 9.39 Å². The number of aliphatic imine (C=N–C) groups is 1. The van der Waals surface area contributed by atoms with Crippen molar-refractivity contribution in [2.24, 2.45) is 10.9 Å². The first kappa shape index (κ1) is 21.9. The number of ether oxygens (including phenoxy) is 1. The van der Waals surface area contributed by atoms with Gasteiger partial charge in [0.05, 0.1) is 13.2 Å². The van der Waals surface area contributed by atoms with Crippen LogP contribution in [0.25, 0.3) is 5.65 Å². The van der Waals surface area contributed by atoms with Gasteiger partial charge < -0.3 is 15.4 Å². The van der Waals surface area contributed by atoms with Crippen LogP contribution in [0.4, 0.5) is 0 Å². The molecule has 3 aromatic rings. The minimum absolute atomic E-state index is 0. The van der Waals surface area contributed by atoms with Crippen molar-refractivity contribution >= 4 is 35.6 Å². The van der Waals surface area contributed by atoms with Crippen LogP contribution >= 0.6 is 24.0 Å². The first-order valence-corrected chi connectivity index (χ1v) is 9.10. The maximum Gasteiger partial charge on any atom is 0.191 e. The lowest BCUT2D eigenvalue weighted by Crippen LogP contribution is -2.36. The van der Waals surface area contributed by atoms with E-state index in [1.807, 2.05) is 40.9 Å². The van der Waals surface area contributed by atoms with Crippen molar-refractivity contribution in [3.05, 3.63) is 60.0 Å². The number of rotatable bonds is 7. The number of hydrogen-bond acceptors (Lipinski definition) is 4. The summed E-state index contributed by atoms with van der Waals surface area (Å²) in [6.45, 7) is 6.17. The molecule has 0 unspecified atom stereocenters. The molecule has 1 aromatic carbocycles. The van der Waals surface area contributed by atoms with E-state index < -0.39 is 0 Å². The molecule has 0 radical (unpaired) electrons. The van der Waals surface area contributed by atoms with Gasteiger partial charge in [0.15, 0.2) is 17.4 Å². The molecule has 3 rings (SSSR count). The van der Waals surface area contributed by atoms with Crippen molar-refractivity contribution in [1.82, 2.24) is 25.2 Å². The minimum Gasteiger partial charge on any atom is -0.493 e. The number of pyridine rings is 1. The summed E-state index contributed by atoms with van der Waals surface area (Å²) in [6.07, 6.45) is 1.95. The highest BCUT2D eigenvalue weighted by Gasteiger charge is 2.06. The monoisotopic (exact) mass is 494 g/mol. The zero-order valence-corrected chi connectivity index (χ0v) is 18.8. The smallest absolute Gasteiger partial charge is 0.191 e. The van der Waals surface area contributed by atoms with Gasteiger partial charge in [0, 0.05) is 19.8 Å². The first-order valence-electron chi connectivity index (χ1n) is 9.10. The predicted molar refractivity (Wildman–Crippen MR) is 122 cm³/mol. The zero-order valence-electron chi connectivity index (χ0n) is 16.4. The van der Waals surface area contributed by atoms with Crippen LogP contribution < -0.4 is 15.4 Å². The summed E-state index contributed by atoms with van der Waals surface area (Å²) in [5, 5.41) is 15.0. The summed E-state index contributed by atoms with van der Waals surface area (Å²) >= 11 is 0. The maximum atomic E-state index is 5.79. The van der Waals surface area contributed by atoms with Gasteiger partial charge >= 0.3 is 0 Å². The fourth-order valence-corrected chi connectivity index (χ4v) is 2.59.